The molecule has 154 valence electrons. The van der Waals surface area contributed by atoms with Crippen LogP contribution in [0.1, 0.15) is 30.2 Å². The maximum absolute atomic E-state index is 13.4. The minimum Gasteiger partial charge on any atom is -0.381 e. The zero-order valence-electron chi connectivity index (χ0n) is 16.2. The summed E-state index contributed by atoms with van der Waals surface area (Å²) in [6, 6.07) is 11.1. The molecule has 0 atom stereocenters. The molecular weight excluding hydrogens is 488 g/mol. The molecule has 0 saturated carbocycles. The fourth-order valence-electron chi connectivity index (χ4n) is 3.43. The van der Waals surface area contributed by atoms with E-state index in [1.165, 1.54) is 4.88 Å². The predicted octanol–water partition coefficient (Wildman–Crippen LogP) is 4.35. The molecular formula is C21H29FIN3OS. The fourth-order valence-corrected chi connectivity index (χ4v) is 4.14. The number of hydrogen-bond donors (Lipinski definition) is 2. The van der Waals surface area contributed by atoms with Crippen molar-refractivity contribution in [1.82, 2.24) is 10.6 Å². The lowest BCUT2D eigenvalue weighted by molar-refractivity contribution is 0.0531. The highest BCUT2D eigenvalue weighted by molar-refractivity contribution is 14.0. The van der Waals surface area contributed by atoms with E-state index in [0.717, 1.165) is 57.1 Å². The molecule has 1 aliphatic heterocycles. The molecule has 7 heteroatoms. The van der Waals surface area contributed by atoms with Crippen molar-refractivity contribution in [2.45, 2.75) is 31.6 Å². The van der Waals surface area contributed by atoms with Gasteiger partial charge in [0, 0.05) is 36.6 Å². The molecule has 0 aliphatic carbocycles. The number of halogens is 2. The monoisotopic (exact) mass is 517 g/mol. The van der Waals surface area contributed by atoms with E-state index in [9.17, 15) is 4.39 Å². The topological polar surface area (TPSA) is 45.7 Å². The van der Waals surface area contributed by atoms with Crippen molar-refractivity contribution in [2.75, 3.05) is 32.8 Å². The largest absolute Gasteiger partial charge is 0.381 e. The average Bonchev–Trinajstić information content (AvgIpc) is 3.21. The SMILES string of the molecule is CCNC(=NCC1(c2ccc(F)cc2)CCOCC1)NCCc1cccs1.I. The van der Waals surface area contributed by atoms with E-state index < -0.39 is 0 Å². The van der Waals surface area contributed by atoms with E-state index in [-0.39, 0.29) is 35.2 Å². The zero-order chi connectivity index (χ0) is 19.0. The van der Waals surface area contributed by atoms with Crippen molar-refractivity contribution < 1.29 is 9.13 Å². The standard InChI is InChI=1S/C21H28FN3OS.HI/c1-2-23-20(24-12-9-19-4-3-15-27-19)25-16-21(10-13-26-14-11-21)17-5-7-18(22)8-6-17;/h3-8,15H,2,9-14,16H2,1H3,(H2,23,24,25);1H. The molecule has 3 rings (SSSR count). The van der Waals surface area contributed by atoms with E-state index >= 15 is 0 Å². The second-order valence-electron chi connectivity index (χ2n) is 6.85. The maximum Gasteiger partial charge on any atom is 0.191 e. The van der Waals surface area contributed by atoms with Crippen LogP contribution in [0.4, 0.5) is 4.39 Å². The van der Waals surface area contributed by atoms with Crippen LogP contribution in [0.5, 0.6) is 0 Å². The Bertz CT molecular complexity index is 716. The van der Waals surface area contributed by atoms with Gasteiger partial charge in [-0.1, -0.05) is 18.2 Å². The Hall–Kier alpha value is -1.19. The Labute approximate surface area is 188 Å². The van der Waals surface area contributed by atoms with Gasteiger partial charge in [0.05, 0.1) is 6.54 Å². The lowest BCUT2D eigenvalue weighted by atomic mass is 9.74. The molecule has 2 heterocycles. The predicted molar refractivity (Wildman–Crippen MR) is 126 cm³/mol. The summed E-state index contributed by atoms with van der Waals surface area (Å²) in [6.07, 6.45) is 2.78. The number of nitrogens with zero attached hydrogens (tertiary/aromatic N) is 1. The summed E-state index contributed by atoms with van der Waals surface area (Å²) in [4.78, 5) is 6.24. The summed E-state index contributed by atoms with van der Waals surface area (Å²) in [7, 11) is 0. The van der Waals surface area contributed by atoms with Gasteiger partial charge >= 0.3 is 0 Å². The summed E-state index contributed by atoms with van der Waals surface area (Å²) in [5, 5.41) is 8.87. The molecule has 1 aliphatic rings. The summed E-state index contributed by atoms with van der Waals surface area (Å²) < 4.78 is 19.0. The van der Waals surface area contributed by atoms with E-state index in [0.29, 0.717) is 6.54 Å². The van der Waals surface area contributed by atoms with Crippen LogP contribution in [0.2, 0.25) is 0 Å². The van der Waals surface area contributed by atoms with E-state index in [2.05, 4.69) is 35.1 Å². The second kappa shape index (κ2) is 11.7. The van der Waals surface area contributed by atoms with Crippen LogP contribution in [0, 0.1) is 5.82 Å². The molecule has 0 amide bonds. The first kappa shape index (κ1) is 23.1. The van der Waals surface area contributed by atoms with Gasteiger partial charge in [0.15, 0.2) is 5.96 Å². The van der Waals surface area contributed by atoms with Crippen molar-refractivity contribution >= 4 is 41.3 Å². The number of hydrogen-bond acceptors (Lipinski definition) is 3. The third-order valence-corrected chi connectivity index (χ3v) is 5.97. The van der Waals surface area contributed by atoms with Gasteiger partial charge in [-0.15, -0.1) is 35.3 Å². The van der Waals surface area contributed by atoms with Gasteiger partial charge in [-0.05, 0) is 55.3 Å². The van der Waals surface area contributed by atoms with Gasteiger partial charge in [0.1, 0.15) is 5.82 Å². The number of nitrogens with one attached hydrogen (secondary N) is 2. The quantitative estimate of drug-likeness (QED) is 0.326. The lowest BCUT2D eigenvalue weighted by Gasteiger charge is -2.36. The van der Waals surface area contributed by atoms with Crippen LogP contribution in [0.15, 0.2) is 46.8 Å². The lowest BCUT2D eigenvalue weighted by Crippen LogP contribution is -2.41. The summed E-state index contributed by atoms with van der Waals surface area (Å²) in [5.41, 5.74) is 1.05. The zero-order valence-corrected chi connectivity index (χ0v) is 19.4. The minimum atomic E-state index is -0.201. The van der Waals surface area contributed by atoms with Crippen molar-refractivity contribution in [3.8, 4) is 0 Å². The van der Waals surface area contributed by atoms with Crippen LogP contribution in [-0.4, -0.2) is 38.8 Å². The van der Waals surface area contributed by atoms with Gasteiger partial charge in [-0.25, -0.2) is 4.39 Å². The number of rotatable bonds is 7. The molecule has 1 aromatic carbocycles. The molecule has 0 unspecified atom stereocenters. The Morgan fingerprint density at radius 3 is 2.57 bits per heavy atom. The summed E-state index contributed by atoms with van der Waals surface area (Å²) >= 11 is 1.78. The second-order valence-corrected chi connectivity index (χ2v) is 7.88. The minimum absolute atomic E-state index is 0. The van der Waals surface area contributed by atoms with Crippen LogP contribution >= 0.6 is 35.3 Å². The fraction of sp³-hybridized carbons (Fsp3) is 0.476. The van der Waals surface area contributed by atoms with Gasteiger partial charge in [0.2, 0.25) is 0 Å². The molecule has 4 nitrogen and oxygen atoms in total. The first-order valence-electron chi connectivity index (χ1n) is 9.60. The Balaban J connectivity index is 0.00000280. The third-order valence-electron chi connectivity index (χ3n) is 5.03. The first-order valence-corrected chi connectivity index (χ1v) is 10.5. The number of benzene rings is 1. The van der Waals surface area contributed by atoms with Gasteiger partial charge in [0.25, 0.3) is 0 Å². The third kappa shape index (κ3) is 6.42. The van der Waals surface area contributed by atoms with Crippen molar-refractivity contribution in [2.24, 2.45) is 4.99 Å². The van der Waals surface area contributed by atoms with Crippen LogP contribution in [0.3, 0.4) is 0 Å². The summed E-state index contributed by atoms with van der Waals surface area (Å²) in [5.74, 6) is 0.634. The number of guanidine groups is 1. The smallest absolute Gasteiger partial charge is 0.191 e. The average molecular weight is 517 g/mol. The molecule has 1 aromatic heterocycles. The van der Waals surface area contributed by atoms with Crippen LogP contribution in [-0.2, 0) is 16.6 Å². The highest BCUT2D eigenvalue weighted by Crippen LogP contribution is 2.35. The van der Waals surface area contributed by atoms with Gasteiger partial charge in [-0.3, -0.25) is 4.99 Å². The van der Waals surface area contributed by atoms with E-state index in [1.807, 2.05) is 12.1 Å². The molecule has 0 radical (unpaired) electrons. The van der Waals surface area contributed by atoms with Crippen LogP contribution in [0.25, 0.3) is 0 Å². The van der Waals surface area contributed by atoms with Crippen molar-refractivity contribution in [3.05, 3.63) is 58.0 Å². The maximum atomic E-state index is 13.4. The van der Waals surface area contributed by atoms with E-state index in [1.54, 1.807) is 23.5 Å². The van der Waals surface area contributed by atoms with Crippen molar-refractivity contribution in [3.63, 3.8) is 0 Å². The Kier molecular flexibility index (Phi) is 9.67. The number of ether oxygens (including phenoxy) is 1. The molecule has 2 aromatic rings. The molecule has 0 bridgehead atoms. The number of aliphatic imine (C=N–C) groups is 1. The Morgan fingerprint density at radius 1 is 1.18 bits per heavy atom. The normalized spacial score (nSPS) is 16.3. The first-order chi connectivity index (χ1) is 13.2. The Morgan fingerprint density at radius 2 is 1.93 bits per heavy atom. The molecule has 28 heavy (non-hydrogen) atoms. The highest BCUT2D eigenvalue weighted by Gasteiger charge is 2.34. The molecule has 2 N–H and O–H groups in total. The number of thiophene rings is 1. The highest BCUT2D eigenvalue weighted by atomic mass is 127. The van der Waals surface area contributed by atoms with Crippen LogP contribution < -0.4 is 10.6 Å². The van der Waals surface area contributed by atoms with Crippen molar-refractivity contribution in [1.29, 1.82) is 0 Å². The molecule has 0 spiro atoms. The van der Waals surface area contributed by atoms with Gasteiger partial charge in [-0.2, -0.15) is 0 Å². The van der Waals surface area contributed by atoms with E-state index in [4.69, 9.17) is 9.73 Å². The van der Waals surface area contributed by atoms with Gasteiger partial charge < -0.3 is 15.4 Å². The summed E-state index contributed by atoms with van der Waals surface area (Å²) in [6.45, 7) is 5.83. The molecule has 1 saturated heterocycles. The molecule has 1 fully saturated rings.